The van der Waals surface area contributed by atoms with Gasteiger partial charge in [-0.2, -0.15) is 0 Å². The molecule has 1 atom stereocenters. The van der Waals surface area contributed by atoms with Crippen LogP contribution in [0.3, 0.4) is 0 Å². The number of unbranched alkanes of at least 4 members (excludes halogenated alkanes) is 1. The Labute approximate surface area is 154 Å². The average Bonchev–Trinajstić information content (AvgIpc) is 2.91. The Morgan fingerprint density at radius 2 is 2.24 bits per heavy atom. The predicted octanol–water partition coefficient (Wildman–Crippen LogP) is 4.64. The molecule has 0 aliphatic carbocycles. The number of fused-ring (bicyclic) bond motifs is 1. The highest BCUT2D eigenvalue weighted by Gasteiger charge is 2.18. The van der Waals surface area contributed by atoms with Crippen LogP contribution in [0.1, 0.15) is 48.7 Å². The van der Waals surface area contributed by atoms with Crippen LogP contribution in [0.4, 0.5) is 0 Å². The number of carbonyl (C=O) groups is 1. The molecule has 25 heavy (non-hydrogen) atoms. The number of hydrogen-bond donors (Lipinski definition) is 1. The Kier molecular flexibility index (Phi) is 6.02. The van der Waals surface area contributed by atoms with Gasteiger partial charge in [-0.25, -0.2) is 0 Å². The van der Waals surface area contributed by atoms with Crippen LogP contribution in [-0.4, -0.2) is 37.0 Å². The van der Waals surface area contributed by atoms with Crippen LogP contribution in [0.2, 0.25) is 5.02 Å². The molecular formula is C20H27ClN2O2. The highest BCUT2D eigenvalue weighted by molar-refractivity contribution is 6.31. The molecule has 3 rings (SSSR count). The molecule has 5 heteroatoms. The summed E-state index contributed by atoms with van der Waals surface area (Å²) in [7, 11) is 0. The Bertz CT molecular complexity index is 741. The van der Waals surface area contributed by atoms with E-state index in [0.29, 0.717) is 22.9 Å². The number of piperidine rings is 1. The second-order valence-corrected chi connectivity index (χ2v) is 7.64. The van der Waals surface area contributed by atoms with Crippen molar-refractivity contribution in [2.24, 2.45) is 5.92 Å². The van der Waals surface area contributed by atoms with Crippen LogP contribution in [0.5, 0.6) is 0 Å². The van der Waals surface area contributed by atoms with Crippen molar-refractivity contribution in [3.05, 3.63) is 34.5 Å². The molecule has 2 aromatic rings. The molecule has 1 aliphatic rings. The number of benzene rings is 1. The van der Waals surface area contributed by atoms with Crippen LogP contribution in [0.15, 0.2) is 22.6 Å². The van der Waals surface area contributed by atoms with Gasteiger partial charge < -0.3 is 14.6 Å². The number of amides is 1. The van der Waals surface area contributed by atoms with Gasteiger partial charge in [-0.3, -0.25) is 4.79 Å². The maximum Gasteiger partial charge on any atom is 0.287 e. The van der Waals surface area contributed by atoms with Gasteiger partial charge in [-0.1, -0.05) is 18.5 Å². The minimum atomic E-state index is -0.142. The summed E-state index contributed by atoms with van der Waals surface area (Å²) >= 11 is 6.02. The lowest BCUT2D eigenvalue weighted by molar-refractivity contribution is 0.0926. The van der Waals surface area contributed by atoms with E-state index in [-0.39, 0.29) is 5.91 Å². The molecule has 1 unspecified atom stereocenters. The SMILES string of the molecule is Cc1c(C(=O)NCCCCN2CCCC(C)C2)oc2ccc(Cl)cc12. The van der Waals surface area contributed by atoms with E-state index in [4.69, 9.17) is 16.0 Å². The summed E-state index contributed by atoms with van der Waals surface area (Å²) in [6.07, 6.45) is 4.77. The minimum absolute atomic E-state index is 0.142. The number of carbonyl (C=O) groups excluding carboxylic acids is 1. The van der Waals surface area contributed by atoms with Gasteiger partial charge in [0.15, 0.2) is 5.76 Å². The van der Waals surface area contributed by atoms with Crippen LogP contribution >= 0.6 is 11.6 Å². The molecule has 1 fully saturated rings. The molecule has 0 saturated carbocycles. The van der Waals surface area contributed by atoms with Gasteiger partial charge in [0.2, 0.25) is 0 Å². The van der Waals surface area contributed by atoms with E-state index in [2.05, 4.69) is 17.1 Å². The van der Waals surface area contributed by atoms with Crippen molar-refractivity contribution in [3.8, 4) is 0 Å². The second-order valence-electron chi connectivity index (χ2n) is 7.21. The lowest BCUT2D eigenvalue weighted by Gasteiger charge is -2.30. The van der Waals surface area contributed by atoms with Crippen molar-refractivity contribution in [2.45, 2.75) is 39.5 Å². The fourth-order valence-corrected chi connectivity index (χ4v) is 3.81. The van der Waals surface area contributed by atoms with Gasteiger partial charge in [0.25, 0.3) is 5.91 Å². The minimum Gasteiger partial charge on any atom is -0.451 e. The molecule has 136 valence electrons. The molecule has 4 nitrogen and oxygen atoms in total. The third-order valence-corrected chi connectivity index (χ3v) is 5.27. The van der Waals surface area contributed by atoms with Gasteiger partial charge in [-0.15, -0.1) is 0 Å². The third-order valence-electron chi connectivity index (χ3n) is 5.03. The fraction of sp³-hybridized carbons (Fsp3) is 0.550. The smallest absolute Gasteiger partial charge is 0.287 e. The van der Waals surface area contributed by atoms with E-state index in [9.17, 15) is 4.79 Å². The number of aryl methyl sites for hydroxylation is 1. The highest BCUT2D eigenvalue weighted by atomic mass is 35.5. The van der Waals surface area contributed by atoms with E-state index in [0.717, 1.165) is 36.3 Å². The van der Waals surface area contributed by atoms with Gasteiger partial charge in [0.05, 0.1) is 0 Å². The van der Waals surface area contributed by atoms with Gasteiger partial charge >= 0.3 is 0 Å². The summed E-state index contributed by atoms with van der Waals surface area (Å²) in [5, 5.41) is 4.53. The van der Waals surface area contributed by atoms with Gasteiger partial charge in [0, 0.05) is 29.1 Å². The Morgan fingerprint density at radius 1 is 1.40 bits per heavy atom. The number of likely N-dealkylation sites (tertiary alicyclic amines) is 1. The number of nitrogens with one attached hydrogen (secondary N) is 1. The van der Waals surface area contributed by atoms with Crippen LogP contribution < -0.4 is 5.32 Å². The number of halogens is 1. The first-order valence-corrected chi connectivity index (χ1v) is 9.61. The lowest BCUT2D eigenvalue weighted by Crippen LogP contribution is -2.35. The monoisotopic (exact) mass is 362 g/mol. The summed E-state index contributed by atoms with van der Waals surface area (Å²) in [5.41, 5.74) is 1.54. The lowest BCUT2D eigenvalue weighted by atomic mass is 10.0. The van der Waals surface area contributed by atoms with Crippen molar-refractivity contribution < 1.29 is 9.21 Å². The molecule has 1 aromatic carbocycles. The molecule has 0 radical (unpaired) electrons. The van der Waals surface area contributed by atoms with E-state index in [1.165, 1.54) is 25.9 Å². The van der Waals surface area contributed by atoms with Gasteiger partial charge in [-0.05, 0) is 69.8 Å². The number of hydrogen-bond acceptors (Lipinski definition) is 3. The van der Waals surface area contributed by atoms with Gasteiger partial charge in [0.1, 0.15) is 5.58 Å². The largest absolute Gasteiger partial charge is 0.451 e. The molecular weight excluding hydrogens is 336 g/mol. The number of rotatable bonds is 6. The first-order chi connectivity index (χ1) is 12.0. The zero-order valence-corrected chi connectivity index (χ0v) is 15.9. The topological polar surface area (TPSA) is 45.5 Å². The number of furan rings is 1. The van der Waals surface area contributed by atoms with Crippen LogP contribution in [0.25, 0.3) is 11.0 Å². The van der Waals surface area contributed by atoms with Crippen molar-refractivity contribution in [1.29, 1.82) is 0 Å². The normalized spacial score (nSPS) is 18.6. The second kappa shape index (κ2) is 8.24. The molecule has 1 saturated heterocycles. The maximum atomic E-state index is 12.4. The van der Waals surface area contributed by atoms with E-state index >= 15 is 0 Å². The Morgan fingerprint density at radius 3 is 3.04 bits per heavy atom. The molecule has 2 heterocycles. The molecule has 1 aliphatic heterocycles. The summed E-state index contributed by atoms with van der Waals surface area (Å²) in [6.45, 7) is 8.47. The average molecular weight is 363 g/mol. The van der Waals surface area contributed by atoms with E-state index in [1.807, 2.05) is 13.0 Å². The molecule has 1 amide bonds. The molecule has 1 N–H and O–H groups in total. The van der Waals surface area contributed by atoms with Crippen LogP contribution in [0, 0.1) is 12.8 Å². The summed E-state index contributed by atoms with van der Waals surface area (Å²) < 4.78 is 5.70. The standard InChI is InChI=1S/C20H27ClN2O2/c1-14-6-5-11-23(13-14)10-4-3-9-22-20(24)19-15(2)17-12-16(21)7-8-18(17)25-19/h7-8,12,14H,3-6,9-11,13H2,1-2H3,(H,22,24). The van der Waals surface area contributed by atoms with Crippen molar-refractivity contribution >= 4 is 28.5 Å². The van der Waals surface area contributed by atoms with Crippen molar-refractivity contribution in [2.75, 3.05) is 26.2 Å². The molecule has 0 bridgehead atoms. The summed E-state index contributed by atoms with van der Waals surface area (Å²) in [5.74, 6) is 1.07. The zero-order valence-electron chi connectivity index (χ0n) is 15.1. The summed E-state index contributed by atoms with van der Waals surface area (Å²) in [4.78, 5) is 14.9. The number of nitrogens with zero attached hydrogens (tertiary/aromatic N) is 1. The first kappa shape index (κ1) is 18.3. The van der Waals surface area contributed by atoms with E-state index < -0.39 is 0 Å². The van der Waals surface area contributed by atoms with E-state index in [1.54, 1.807) is 12.1 Å². The van der Waals surface area contributed by atoms with Crippen LogP contribution in [-0.2, 0) is 0 Å². The summed E-state index contributed by atoms with van der Waals surface area (Å²) in [6, 6.07) is 5.42. The Balaban J connectivity index is 1.46. The first-order valence-electron chi connectivity index (χ1n) is 9.24. The zero-order chi connectivity index (χ0) is 17.8. The Hall–Kier alpha value is -1.52. The fourth-order valence-electron chi connectivity index (χ4n) is 3.64. The quantitative estimate of drug-likeness (QED) is 0.761. The van der Waals surface area contributed by atoms with Crippen molar-refractivity contribution in [3.63, 3.8) is 0 Å². The molecule has 0 spiro atoms. The third kappa shape index (κ3) is 4.56. The van der Waals surface area contributed by atoms with Crippen molar-refractivity contribution in [1.82, 2.24) is 10.2 Å². The predicted molar refractivity (Wildman–Crippen MR) is 102 cm³/mol. The maximum absolute atomic E-state index is 12.4. The highest BCUT2D eigenvalue weighted by Crippen LogP contribution is 2.27. The molecule has 1 aromatic heterocycles.